The number of anilines is 2. The van der Waals surface area contributed by atoms with Crippen LogP contribution in [0, 0.1) is 0 Å². The first kappa shape index (κ1) is 19.7. The Kier molecular flexibility index (Phi) is 5.16. The van der Waals surface area contributed by atoms with Crippen LogP contribution in [0.4, 0.5) is 11.4 Å². The summed E-state index contributed by atoms with van der Waals surface area (Å²) in [6, 6.07) is 23.6. The molecule has 2 atom stereocenters. The van der Waals surface area contributed by atoms with Crippen LogP contribution in [-0.2, 0) is 4.79 Å². The molecule has 0 unspecified atom stereocenters. The highest BCUT2D eigenvalue weighted by atomic mass is 35.5. The van der Waals surface area contributed by atoms with E-state index in [-0.39, 0.29) is 17.7 Å². The number of para-hydroxylation sites is 2. The number of halogens is 1. The third-order valence-electron chi connectivity index (χ3n) is 6.10. The number of methoxy groups -OCH3 is 1. The Labute approximate surface area is 186 Å². The molecular weight excluding hydrogens is 408 g/mol. The van der Waals surface area contributed by atoms with E-state index in [0.29, 0.717) is 11.4 Å². The predicted molar refractivity (Wildman–Crippen MR) is 125 cm³/mol. The number of Topliss-reactive ketones (excluding diaryl/α,β-unsaturated/α-hetero) is 1. The van der Waals surface area contributed by atoms with E-state index in [0.717, 1.165) is 45.9 Å². The maximum atomic E-state index is 13.5. The van der Waals surface area contributed by atoms with Crippen molar-refractivity contribution in [3.8, 4) is 5.75 Å². The van der Waals surface area contributed by atoms with E-state index in [1.807, 2.05) is 60.7 Å². The lowest BCUT2D eigenvalue weighted by Gasteiger charge is -2.30. The van der Waals surface area contributed by atoms with E-state index in [1.54, 1.807) is 7.11 Å². The molecule has 1 aliphatic heterocycles. The monoisotopic (exact) mass is 430 g/mol. The van der Waals surface area contributed by atoms with Crippen LogP contribution in [0.15, 0.2) is 84.1 Å². The summed E-state index contributed by atoms with van der Waals surface area (Å²) in [7, 11) is 1.66. The summed E-state index contributed by atoms with van der Waals surface area (Å²) >= 11 is 6.12. The zero-order chi connectivity index (χ0) is 21.4. The third kappa shape index (κ3) is 3.79. The van der Waals surface area contributed by atoms with Gasteiger partial charge in [0.1, 0.15) is 5.75 Å². The Morgan fingerprint density at radius 1 is 0.871 bits per heavy atom. The highest BCUT2D eigenvalue weighted by molar-refractivity contribution is 6.30. The molecule has 1 heterocycles. The number of nitrogens with one attached hydrogen (secondary N) is 2. The Morgan fingerprint density at radius 2 is 1.55 bits per heavy atom. The molecule has 2 N–H and O–H groups in total. The molecule has 0 bridgehead atoms. The van der Waals surface area contributed by atoms with Crippen LogP contribution >= 0.6 is 11.6 Å². The molecule has 4 nitrogen and oxygen atoms in total. The van der Waals surface area contributed by atoms with Gasteiger partial charge in [-0.15, -0.1) is 0 Å². The standard InChI is InChI=1S/C26H23ClN2O2/c1-31-20-12-8-16(9-13-20)18-14-23-25(24(30)15-18)26(17-6-10-19(27)11-7-17)29-22-5-3-2-4-21(22)28-23/h2-13,18,26,28-29H,14-15H2,1H3/t18-,26+/m0/s1. The van der Waals surface area contributed by atoms with Crippen molar-refractivity contribution in [3.05, 3.63) is 100 Å². The fraction of sp³-hybridized carbons (Fsp3) is 0.192. The SMILES string of the molecule is COc1ccc([C@@H]2CC(=O)C3=C(C2)Nc2ccccc2N[C@@H]3c2ccc(Cl)cc2)cc1. The maximum absolute atomic E-state index is 13.5. The maximum Gasteiger partial charge on any atom is 0.163 e. The summed E-state index contributed by atoms with van der Waals surface area (Å²) in [6.45, 7) is 0. The quantitative estimate of drug-likeness (QED) is 0.509. The summed E-state index contributed by atoms with van der Waals surface area (Å²) in [4.78, 5) is 13.5. The highest BCUT2D eigenvalue weighted by Crippen LogP contribution is 2.44. The molecule has 5 rings (SSSR count). The lowest BCUT2D eigenvalue weighted by molar-refractivity contribution is -0.116. The van der Waals surface area contributed by atoms with Crippen LogP contribution in [-0.4, -0.2) is 12.9 Å². The van der Waals surface area contributed by atoms with E-state index >= 15 is 0 Å². The van der Waals surface area contributed by atoms with Gasteiger partial charge < -0.3 is 15.4 Å². The minimum absolute atomic E-state index is 0.126. The molecular formula is C26H23ClN2O2. The van der Waals surface area contributed by atoms with Crippen molar-refractivity contribution in [3.63, 3.8) is 0 Å². The summed E-state index contributed by atoms with van der Waals surface area (Å²) in [5.41, 5.74) is 5.92. The van der Waals surface area contributed by atoms with E-state index in [1.165, 1.54) is 0 Å². The van der Waals surface area contributed by atoms with Crippen molar-refractivity contribution in [1.29, 1.82) is 0 Å². The Hall–Kier alpha value is -3.24. The number of allylic oxidation sites excluding steroid dienone is 1. The zero-order valence-electron chi connectivity index (χ0n) is 17.2. The van der Waals surface area contributed by atoms with Gasteiger partial charge in [-0.1, -0.05) is 48.0 Å². The Bertz CT molecular complexity index is 1150. The Morgan fingerprint density at radius 3 is 2.26 bits per heavy atom. The van der Waals surface area contributed by atoms with Crippen molar-refractivity contribution < 1.29 is 9.53 Å². The van der Waals surface area contributed by atoms with Crippen molar-refractivity contribution in [2.45, 2.75) is 24.8 Å². The minimum atomic E-state index is -0.229. The van der Waals surface area contributed by atoms with E-state index < -0.39 is 0 Å². The lowest BCUT2D eigenvalue weighted by atomic mass is 9.78. The van der Waals surface area contributed by atoms with Crippen molar-refractivity contribution >= 4 is 28.8 Å². The van der Waals surface area contributed by atoms with E-state index in [9.17, 15) is 4.79 Å². The molecule has 0 saturated heterocycles. The summed E-state index contributed by atoms with van der Waals surface area (Å²) in [6.07, 6.45) is 1.25. The van der Waals surface area contributed by atoms with Crippen LogP contribution in [0.25, 0.3) is 0 Å². The first-order valence-corrected chi connectivity index (χ1v) is 10.8. The molecule has 1 aliphatic carbocycles. The van der Waals surface area contributed by atoms with Crippen molar-refractivity contribution in [2.24, 2.45) is 0 Å². The highest BCUT2D eigenvalue weighted by Gasteiger charge is 2.36. The molecule has 0 radical (unpaired) electrons. The van der Waals surface area contributed by atoms with Gasteiger partial charge in [-0.2, -0.15) is 0 Å². The topological polar surface area (TPSA) is 50.4 Å². The number of ketones is 1. The number of benzene rings is 3. The van der Waals surface area contributed by atoms with Gasteiger partial charge in [-0.25, -0.2) is 0 Å². The smallest absolute Gasteiger partial charge is 0.163 e. The predicted octanol–water partition coefficient (Wildman–Crippen LogP) is 6.33. The number of rotatable bonds is 3. The summed E-state index contributed by atoms with van der Waals surface area (Å²) < 4.78 is 5.28. The number of carbonyl (C=O) groups is 1. The number of ether oxygens (including phenoxy) is 1. The first-order valence-electron chi connectivity index (χ1n) is 10.4. The first-order chi connectivity index (χ1) is 15.1. The summed E-state index contributed by atoms with van der Waals surface area (Å²) in [5, 5.41) is 7.84. The second kappa shape index (κ2) is 8.12. The van der Waals surface area contributed by atoms with Crippen LogP contribution in [0.5, 0.6) is 5.75 Å². The van der Waals surface area contributed by atoms with Gasteiger partial charge >= 0.3 is 0 Å². The molecule has 0 fully saturated rings. The van der Waals surface area contributed by atoms with Crippen LogP contribution in [0.2, 0.25) is 5.02 Å². The number of hydrogen-bond donors (Lipinski definition) is 2. The van der Waals surface area contributed by atoms with Crippen LogP contribution in [0.1, 0.15) is 35.9 Å². The van der Waals surface area contributed by atoms with Gasteiger partial charge in [0.2, 0.25) is 0 Å². The normalized spacial score (nSPS) is 20.1. The minimum Gasteiger partial charge on any atom is -0.497 e. The van der Waals surface area contributed by atoms with Crippen LogP contribution in [0.3, 0.4) is 0 Å². The average molecular weight is 431 g/mol. The molecule has 2 aliphatic rings. The second-order valence-electron chi connectivity index (χ2n) is 7.99. The molecule has 5 heteroatoms. The van der Waals surface area contributed by atoms with Gasteiger partial charge in [0.25, 0.3) is 0 Å². The van der Waals surface area contributed by atoms with Gasteiger partial charge in [0.05, 0.1) is 24.5 Å². The summed E-state index contributed by atoms with van der Waals surface area (Å²) in [5.74, 6) is 1.11. The van der Waals surface area contributed by atoms with Crippen LogP contribution < -0.4 is 15.4 Å². The fourth-order valence-electron chi connectivity index (χ4n) is 4.51. The van der Waals surface area contributed by atoms with Gasteiger partial charge in [-0.05, 0) is 59.9 Å². The number of carbonyl (C=O) groups excluding carboxylic acids is 1. The van der Waals surface area contributed by atoms with Gasteiger partial charge in [0.15, 0.2) is 5.78 Å². The molecule has 3 aromatic carbocycles. The molecule has 0 amide bonds. The molecule has 0 aromatic heterocycles. The van der Waals surface area contributed by atoms with Crippen molar-refractivity contribution in [2.75, 3.05) is 17.7 Å². The van der Waals surface area contributed by atoms with E-state index in [4.69, 9.17) is 16.3 Å². The molecule has 156 valence electrons. The van der Waals surface area contributed by atoms with Crippen molar-refractivity contribution in [1.82, 2.24) is 0 Å². The second-order valence-corrected chi connectivity index (χ2v) is 8.43. The Balaban J connectivity index is 1.57. The van der Waals surface area contributed by atoms with Gasteiger partial charge in [-0.3, -0.25) is 4.79 Å². The van der Waals surface area contributed by atoms with Gasteiger partial charge in [0, 0.05) is 22.7 Å². The largest absolute Gasteiger partial charge is 0.497 e. The van der Waals surface area contributed by atoms with E-state index in [2.05, 4.69) is 22.8 Å². The molecule has 31 heavy (non-hydrogen) atoms. The zero-order valence-corrected chi connectivity index (χ0v) is 17.9. The lowest BCUT2D eigenvalue weighted by Crippen LogP contribution is -2.26. The molecule has 3 aromatic rings. The third-order valence-corrected chi connectivity index (χ3v) is 6.35. The number of fused-ring (bicyclic) bond motifs is 1. The molecule has 0 spiro atoms. The molecule has 0 saturated carbocycles. The number of hydrogen-bond acceptors (Lipinski definition) is 4. The fourth-order valence-corrected chi connectivity index (χ4v) is 4.64. The average Bonchev–Trinajstić information content (AvgIpc) is 2.96.